The summed E-state index contributed by atoms with van der Waals surface area (Å²) < 4.78 is 2.12. The Morgan fingerprint density at radius 3 is 2.67 bits per heavy atom. The van der Waals surface area contributed by atoms with Crippen LogP contribution in [0, 0.1) is 0 Å². The Balaban J connectivity index is 1.34. The number of nitrogens with one attached hydrogen (secondary N) is 1. The molecule has 5 aromatic rings. The number of thioether (sulfide) groups is 1. The van der Waals surface area contributed by atoms with Gasteiger partial charge in [-0.3, -0.25) is 4.79 Å². The molecule has 0 aliphatic heterocycles. The minimum Gasteiger partial charge on any atom is -0.325 e. The Morgan fingerprint density at radius 1 is 1.00 bits per heavy atom. The molecule has 0 saturated carbocycles. The molecule has 7 heteroatoms. The number of carbonyl (C=O) groups excluding carboxylic acids is 1. The fourth-order valence-corrected chi connectivity index (χ4v) is 4.25. The number of anilines is 1. The number of para-hydroxylation sites is 1. The highest BCUT2D eigenvalue weighted by molar-refractivity contribution is 7.99. The molecule has 0 aliphatic rings. The van der Waals surface area contributed by atoms with E-state index in [2.05, 4.69) is 38.1 Å². The number of amides is 1. The molecule has 0 atom stereocenters. The molecule has 148 valence electrons. The zero-order valence-corrected chi connectivity index (χ0v) is 17.2. The van der Waals surface area contributed by atoms with Crippen molar-refractivity contribution in [2.24, 2.45) is 0 Å². The molecule has 0 saturated heterocycles. The molecule has 2 aromatic heterocycles. The van der Waals surface area contributed by atoms with Crippen LogP contribution in [0.1, 0.15) is 6.92 Å². The van der Waals surface area contributed by atoms with Gasteiger partial charge in [0.1, 0.15) is 5.52 Å². The quantitative estimate of drug-likeness (QED) is 0.416. The first-order valence-electron chi connectivity index (χ1n) is 9.76. The van der Waals surface area contributed by atoms with E-state index in [4.69, 9.17) is 0 Å². The van der Waals surface area contributed by atoms with Crippen LogP contribution in [0.25, 0.3) is 32.8 Å². The number of aryl methyl sites for hydroxylation is 1. The third-order valence-corrected chi connectivity index (χ3v) is 5.87. The molecule has 30 heavy (non-hydrogen) atoms. The standard InChI is InChI=1S/C23H19N5OS/c1-2-28-19-10-6-5-9-18(19)21-22(28)25-23(27-26-21)30-14-20(29)24-17-12-11-15-7-3-4-8-16(15)13-17/h3-13H,2,14H2,1H3,(H,24,29). The maximum absolute atomic E-state index is 12.4. The predicted molar refractivity (Wildman–Crippen MR) is 122 cm³/mol. The van der Waals surface area contributed by atoms with Gasteiger partial charge in [0.25, 0.3) is 0 Å². The van der Waals surface area contributed by atoms with Gasteiger partial charge in [0.05, 0.1) is 11.3 Å². The number of hydrogen-bond acceptors (Lipinski definition) is 5. The molecule has 0 fully saturated rings. The van der Waals surface area contributed by atoms with E-state index >= 15 is 0 Å². The summed E-state index contributed by atoms with van der Waals surface area (Å²) in [5, 5.41) is 15.3. The van der Waals surface area contributed by atoms with Crippen molar-refractivity contribution in [1.82, 2.24) is 19.7 Å². The van der Waals surface area contributed by atoms with Gasteiger partial charge in [0.15, 0.2) is 5.65 Å². The monoisotopic (exact) mass is 413 g/mol. The van der Waals surface area contributed by atoms with Crippen molar-refractivity contribution in [2.45, 2.75) is 18.6 Å². The average Bonchev–Trinajstić information content (AvgIpc) is 3.10. The summed E-state index contributed by atoms with van der Waals surface area (Å²) in [5.74, 6) is 0.113. The lowest BCUT2D eigenvalue weighted by molar-refractivity contribution is -0.113. The normalized spacial score (nSPS) is 11.4. The van der Waals surface area contributed by atoms with Crippen molar-refractivity contribution < 1.29 is 4.79 Å². The summed E-state index contributed by atoms with van der Waals surface area (Å²) in [4.78, 5) is 17.1. The Bertz CT molecular complexity index is 1390. The second-order valence-corrected chi connectivity index (χ2v) is 7.87. The zero-order valence-electron chi connectivity index (χ0n) is 16.4. The van der Waals surface area contributed by atoms with Crippen molar-refractivity contribution >= 4 is 56.2 Å². The van der Waals surface area contributed by atoms with Crippen molar-refractivity contribution in [2.75, 3.05) is 11.1 Å². The van der Waals surface area contributed by atoms with Gasteiger partial charge in [0.2, 0.25) is 11.1 Å². The summed E-state index contributed by atoms with van der Waals surface area (Å²) in [6.07, 6.45) is 0. The van der Waals surface area contributed by atoms with Gasteiger partial charge in [0, 0.05) is 17.6 Å². The molecule has 0 radical (unpaired) electrons. The number of carbonyl (C=O) groups is 1. The van der Waals surface area contributed by atoms with Crippen molar-refractivity contribution in [3.05, 3.63) is 66.7 Å². The highest BCUT2D eigenvalue weighted by Gasteiger charge is 2.14. The largest absolute Gasteiger partial charge is 0.325 e. The number of benzene rings is 3. The van der Waals surface area contributed by atoms with E-state index in [0.29, 0.717) is 5.16 Å². The molecule has 1 amide bonds. The number of fused-ring (bicyclic) bond motifs is 4. The number of rotatable bonds is 5. The van der Waals surface area contributed by atoms with E-state index in [1.807, 2.05) is 60.7 Å². The Morgan fingerprint density at radius 2 is 1.80 bits per heavy atom. The minimum absolute atomic E-state index is 0.102. The van der Waals surface area contributed by atoms with E-state index < -0.39 is 0 Å². The highest BCUT2D eigenvalue weighted by atomic mass is 32.2. The van der Waals surface area contributed by atoms with Gasteiger partial charge in [-0.25, -0.2) is 4.98 Å². The van der Waals surface area contributed by atoms with E-state index in [1.54, 1.807) is 0 Å². The van der Waals surface area contributed by atoms with Crippen LogP contribution < -0.4 is 5.32 Å². The second kappa shape index (κ2) is 7.76. The number of nitrogens with zero attached hydrogens (tertiary/aromatic N) is 4. The topological polar surface area (TPSA) is 72.7 Å². The van der Waals surface area contributed by atoms with E-state index in [9.17, 15) is 4.79 Å². The fourth-order valence-electron chi connectivity index (χ4n) is 3.66. The average molecular weight is 414 g/mol. The van der Waals surface area contributed by atoms with Crippen LogP contribution in [0.5, 0.6) is 0 Å². The van der Waals surface area contributed by atoms with Crippen molar-refractivity contribution in [3.63, 3.8) is 0 Å². The van der Waals surface area contributed by atoms with E-state index in [-0.39, 0.29) is 11.7 Å². The van der Waals surface area contributed by atoms with Gasteiger partial charge >= 0.3 is 0 Å². The summed E-state index contributed by atoms with van der Waals surface area (Å²) in [5.41, 5.74) is 3.46. The lowest BCUT2D eigenvalue weighted by atomic mass is 10.1. The third kappa shape index (κ3) is 3.37. The first-order chi connectivity index (χ1) is 14.7. The molecule has 0 spiro atoms. The molecule has 5 rings (SSSR count). The van der Waals surface area contributed by atoms with E-state index in [1.165, 1.54) is 11.8 Å². The van der Waals surface area contributed by atoms with Gasteiger partial charge in [-0.15, -0.1) is 10.2 Å². The van der Waals surface area contributed by atoms with Crippen LogP contribution >= 0.6 is 11.8 Å². The summed E-state index contributed by atoms with van der Waals surface area (Å²) in [6.45, 7) is 2.87. The lowest BCUT2D eigenvalue weighted by Crippen LogP contribution is -2.14. The van der Waals surface area contributed by atoms with Gasteiger partial charge in [-0.05, 0) is 35.9 Å². The van der Waals surface area contributed by atoms with Crippen LogP contribution in [-0.2, 0) is 11.3 Å². The number of aromatic nitrogens is 4. The Labute approximate surface area is 177 Å². The van der Waals surface area contributed by atoms with Gasteiger partial charge in [-0.2, -0.15) is 0 Å². The molecular weight excluding hydrogens is 394 g/mol. The summed E-state index contributed by atoms with van der Waals surface area (Å²) in [7, 11) is 0. The first kappa shape index (κ1) is 18.6. The molecule has 2 heterocycles. The van der Waals surface area contributed by atoms with E-state index in [0.717, 1.165) is 45.1 Å². The molecule has 0 bridgehead atoms. The Kier molecular flexibility index (Phi) is 4.80. The fraction of sp³-hybridized carbons (Fsp3) is 0.130. The molecular formula is C23H19N5OS. The van der Waals surface area contributed by atoms with Crippen molar-refractivity contribution in [1.29, 1.82) is 0 Å². The molecule has 6 nitrogen and oxygen atoms in total. The molecule has 1 N–H and O–H groups in total. The maximum atomic E-state index is 12.4. The summed E-state index contributed by atoms with van der Waals surface area (Å²) in [6, 6.07) is 22.0. The van der Waals surface area contributed by atoms with Gasteiger partial charge in [-0.1, -0.05) is 60.3 Å². The van der Waals surface area contributed by atoms with Gasteiger partial charge < -0.3 is 9.88 Å². The third-order valence-electron chi connectivity index (χ3n) is 5.04. The highest BCUT2D eigenvalue weighted by Crippen LogP contribution is 2.27. The van der Waals surface area contributed by atoms with Crippen LogP contribution in [0.4, 0.5) is 5.69 Å². The summed E-state index contributed by atoms with van der Waals surface area (Å²) >= 11 is 1.29. The van der Waals surface area contributed by atoms with Crippen molar-refractivity contribution in [3.8, 4) is 0 Å². The maximum Gasteiger partial charge on any atom is 0.234 e. The van der Waals surface area contributed by atoms with Crippen LogP contribution in [0.3, 0.4) is 0 Å². The molecule has 0 unspecified atom stereocenters. The number of hydrogen-bond donors (Lipinski definition) is 1. The van der Waals surface area contributed by atoms with Crippen LogP contribution in [0.15, 0.2) is 71.9 Å². The lowest BCUT2D eigenvalue weighted by Gasteiger charge is -2.06. The van der Waals surface area contributed by atoms with Crippen LogP contribution in [0.2, 0.25) is 0 Å². The molecule has 3 aromatic carbocycles. The minimum atomic E-state index is -0.102. The molecule has 0 aliphatic carbocycles. The smallest absolute Gasteiger partial charge is 0.234 e. The Hall–Kier alpha value is -3.45. The van der Waals surface area contributed by atoms with Crippen LogP contribution in [-0.4, -0.2) is 31.4 Å². The first-order valence-corrected chi connectivity index (χ1v) is 10.7. The predicted octanol–water partition coefficient (Wildman–Crippen LogP) is 4.88. The SMILES string of the molecule is CCn1c2ccccc2c2nnc(SCC(=O)Nc3ccc4ccccc4c3)nc21. The second-order valence-electron chi connectivity index (χ2n) is 6.93. The zero-order chi connectivity index (χ0) is 20.5.